The third kappa shape index (κ3) is 7.79. The first-order valence-corrected chi connectivity index (χ1v) is 18.9. The van der Waals surface area contributed by atoms with Gasteiger partial charge in [0.2, 0.25) is 0 Å². The first-order valence-electron chi connectivity index (χ1n) is 16.9. The molecule has 14 nitrogen and oxygen atoms in total. The van der Waals surface area contributed by atoms with Crippen LogP contribution in [-0.2, 0) is 34.0 Å². The lowest BCUT2D eigenvalue weighted by Crippen LogP contribution is -2.27. The zero-order valence-electron chi connectivity index (χ0n) is 29.4. The second kappa shape index (κ2) is 14.8. The maximum atomic E-state index is 15.4. The fourth-order valence-electron chi connectivity index (χ4n) is 6.60. The molecule has 1 aliphatic rings. The number of carboxylic acid groups (broad SMARTS) is 1. The summed E-state index contributed by atoms with van der Waals surface area (Å²) in [5, 5.41) is 16.7. The van der Waals surface area contributed by atoms with E-state index in [1.807, 2.05) is 0 Å². The zero-order chi connectivity index (χ0) is 38.2. The maximum Gasteiger partial charge on any atom is 0.314 e. The number of sulfone groups is 1. The van der Waals surface area contributed by atoms with Gasteiger partial charge < -0.3 is 34.1 Å². The molecule has 5 aromatic rings. The summed E-state index contributed by atoms with van der Waals surface area (Å²) in [5.74, 6) is -4.78. The maximum absolute atomic E-state index is 15.4. The molecule has 6 rings (SSSR count). The molecule has 1 unspecified atom stereocenters. The molecule has 4 aromatic heterocycles. The number of unbranched alkanes of at least 4 members (excludes halogenated alkanes) is 2. The number of hydrogen-bond acceptors (Lipinski definition) is 10. The molecule has 1 atom stereocenters. The third-order valence-corrected chi connectivity index (χ3v) is 9.86. The topological polar surface area (TPSA) is 190 Å². The number of aliphatic carboxylic acids is 1. The van der Waals surface area contributed by atoms with Gasteiger partial charge in [0.15, 0.2) is 27.2 Å². The molecule has 1 amide bonds. The quantitative estimate of drug-likeness (QED) is 0.127. The summed E-state index contributed by atoms with van der Waals surface area (Å²) in [6.07, 6.45) is 6.92. The van der Waals surface area contributed by atoms with Gasteiger partial charge in [-0.25, -0.2) is 22.2 Å². The van der Waals surface area contributed by atoms with Crippen LogP contribution in [0.5, 0.6) is 5.88 Å². The number of fused-ring (bicyclic) bond motifs is 2. The van der Waals surface area contributed by atoms with E-state index in [1.165, 1.54) is 21.6 Å². The van der Waals surface area contributed by atoms with Crippen LogP contribution in [0.1, 0.15) is 66.3 Å². The molecule has 1 aromatic carbocycles. The molecule has 0 fully saturated rings. The van der Waals surface area contributed by atoms with Gasteiger partial charge in [-0.2, -0.15) is 0 Å². The lowest BCUT2D eigenvalue weighted by atomic mass is 9.94. The molecule has 0 bridgehead atoms. The number of nitrogens with zero attached hydrogens (tertiary/aromatic N) is 4. The Morgan fingerprint density at radius 1 is 1.13 bits per heavy atom. The Morgan fingerprint density at radius 3 is 2.60 bits per heavy atom. The van der Waals surface area contributed by atoms with Crippen molar-refractivity contribution in [2.45, 2.75) is 51.3 Å². The highest BCUT2D eigenvalue weighted by Gasteiger charge is 2.31. The molecular formula is C36H38F2N6O8S. The predicted octanol–water partition coefficient (Wildman–Crippen LogP) is 5.19. The van der Waals surface area contributed by atoms with E-state index < -0.39 is 45.0 Å². The summed E-state index contributed by atoms with van der Waals surface area (Å²) in [5.41, 5.74) is 2.11. The molecule has 0 aliphatic carbocycles. The number of carboxylic acids is 1. The number of carbonyl (C=O) groups is 2. The summed E-state index contributed by atoms with van der Waals surface area (Å²) in [6.45, 7) is 4.04. The minimum atomic E-state index is -3.66. The van der Waals surface area contributed by atoms with Crippen LogP contribution in [0.25, 0.3) is 22.0 Å². The van der Waals surface area contributed by atoms with Gasteiger partial charge in [-0.3, -0.25) is 14.4 Å². The Balaban J connectivity index is 1.24. The Morgan fingerprint density at radius 2 is 1.91 bits per heavy atom. The van der Waals surface area contributed by atoms with Crippen LogP contribution in [0.4, 0.5) is 20.3 Å². The molecule has 0 saturated carbocycles. The molecule has 0 saturated heterocycles. The van der Waals surface area contributed by atoms with Gasteiger partial charge >= 0.3 is 5.97 Å². The first-order chi connectivity index (χ1) is 25.1. The number of rotatable bonds is 14. The standard InChI is InChI=1S/C36H38F2N6O8S/c1-19(2)30(36(47)48)28-13-29(42-52-28)51-9-7-5-6-8-39-34(45)23-12-27-24(10-20(23)18-53(4,49)50)25-17-43(3)35(46)32-31(25)21(14-40-32)16-44(27)33-26(38)11-22(37)15-41-33/h10-15,17,19,30,40H,5-9,16,18H2,1-4H3,(H,39,45)(H,47,48). The third-order valence-electron chi connectivity index (χ3n) is 9.03. The number of ether oxygens (including phenoxy) is 1. The van der Waals surface area contributed by atoms with Gasteiger partial charge in [-0.15, -0.1) is 0 Å². The minimum Gasteiger partial charge on any atom is -0.481 e. The summed E-state index contributed by atoms with van der Waals surface area (Å²) in [7, 11) is -2.08. The van der Waals surface area contributed by atoms with Crippen LogP contribution in [-0.4, -0.2) is 64.5 Å². The highest BCUT2D eigenvalue weighted by molar-refractivity contribution is 7.89. The number of amides is 1. The van der Waals surface area contributed by atoms with E-state index in [0.717, 1.165) is 12.5 Å². The van der Waals surface area contributed by atoms with E-state index in [4.69, 9.17) is 9.26 Å². The Bertz CT molecular complexity index is 2390. The van der Waals surface area contributed by atoms with E-state index in [-0.39, 0.29) is 59.8 Å². The number of hydrogen-bond donors (Lipinski definition) is 3. The summed E-state index contributed by atoms with van der Waals surface area (Å²) in [6, 6.07) is 5.21. The molecule has 53 heavy (non-hydrogen) atoms. The van der Waals surface area contributed by atoms with Crippen LogP contribution >= 0.6 is 0 Å². The van der Waals surface area contributed by atoms with E-state index in [9.17, 15) is 32.3 Å². The van der Waals surface area contributed by atoms with E-state index in [0.29, 0.717) is 58.6 Å². The van der Waals surface area contributed by atoms with E-state index >= 15 is 4.39 Å². The number of aromatic amines is 1. The fourth-order valence-corrected chi connectivity index (χ4v) is 7.40. The summed E-state index contributed by atoms with van der Waals surface area (Å²) in [4.78, 5) is 46.9. The first kappa shape index (κ1) is 37.2. The van der Waals surface area contributed by atoms with Gasteiger partial charge in [-0.05, 0) is 53.6 Å². The highest BCUT2D eigenvalue weighted by atomic mass is 32.2. The Hall–Kier alpha value is -5.58. The smallest absolute Gasteiger partial charge is 0.314 e. The molecule has 280 valence electrons. The number of benzene rings is 1. The van der Waals surface area contributed by atoms with Crippen molar-refractivity contribution in [2.75, 3.05) is 24.3 Å². The van der Waals surface area contributed by atoms with Gasteiger partial charge in [0.25, 0.3) is 17.3 Å². The van der Waals surface area contributed by atoms with Crippen LogP contribution in [0.15, 0.2) is 52.2 Å². The summed E-state index contributed by atoms with van der Waals surface area (Å²) < 4.78 is 66.8. The average molecular weight is 753 g/mol. The minimum absolute atomic E-state index is 0.00914. The second-order valence-electron chi connectivity index (χ2n) is 13.5. The van der Waals surface area contributed by atoms with Gasteiger partial charge in [0, 0.05) is 66.5 Å². The number of H-pyrrole nitrogens is 1. The highest BCUT2D eigenvalue weighted by Crippen LogP contribution is 2.45. The van der Waals surface area contributed by atoms with Crippen molar-refractivity contribution in [2.24, 2.45) is 13.0 Å². The van der Waals surface area contributed by atoms with Crippen LogP contribution in [0.3, 0.4) is 0 Å². The fraction of sp³-hybridized carbons (Fsp3) is 0.361. The van der Waals surface area contributed by atoms with Crippen molar-refractivity contribution in [3.63, 3.8) is 0 Å². The molecule has 0 radical (unpaired) electrons. The number of halogens is 2. The van der Waals surface area contributed by atoms with Crippen LogP contribution in [0, 0.1) is 17.6 Å². The van der Waals surface area contributed by atoms with Crippen molar-refractivity contribution in [1.29, 1.82) is 0 Å². The second-order valence-corrected chi connectivity index (χ2v) is 15.6. The molecule has 5 heterocycles. The molecule has 0 spiro atoms. The summed E-state index contributed by atoms with van der Waals surface area (Å²) >= 11 is 0. The number of pyridine rings is 2. The monoisotopic (exact) mass is 752 g/mol. The SMILES string of the molecule is CC(C)C(C(=O)O)c1cc(OCCCCCNC(=O)c2cc3c(cc2CS(C)(=O)=O)-c2cn(C)c(=O)c4[nH]cc(c24)CN3c2ncc(F)cc2F)no1. The normalized spacial score (nSPS) is 13.2. The lowest BCUT2D eigenvalue weighted by molar-refractivity contribution is -0.140. The van der Waals surface area contributed by atoms with E-state index in [2.05, 4.69) is 20.4 Å². The van der Waals surface area contributed by atoms with Crippen LogP contribution in [0.2, 0.25) is 0 Å². The Kier molecular flexibility index (Phi) is 10.4. The van der Waals surface area contributed by atoms with Crippen LogP contribution < -0.4 is 20.5 Å². The molecule has 17 heteroatoms. The average Bonchev–Trinajstić information content (AvgIpc) is 3.68. The van der Waals surface area contributed by atoms with E-state index in [1.54, 1.807) is 39.4 Å². The largest absolute Gasteiger partial charge is 0.481 e. The van der Waals surface area contributed by atoms with Crippen molar-refractivity contribution in [3.05, 3.63) is 87.3 Å². The van der Waals surface area contributed by atoms with Gasteiger partial charge in [0.1, 0.15) is 17.3 Å². The van der Waals surface area contributed by atoms with Gasteiger partial charge in [-0.1, -0.05) is 13.8 Å². The zero-order valence-corrected chi connectivity index (χ0v) is 30.2. The van der Waals surface area contributed by atoms with Crippen molar-refractivity contribution in [3.8, 4) is 17.0 Å². The number of aromatic nitrogens is 4. The molecule has 1 aliphatic heterocycles. The van der Waals surface area contributed by atoms with Crippen molar-refractivity contribution < 1.29 is 41.2 Å². The van der Waals surface area contributed by atoms with Gasteiger partial charge in [0.05, 0.1) is 30.8 Å². The number of carbonyl (C=O) groups excluding carboxylic acids is 1. The Labute approximate surface area is 302 Å². The predicted molar refractivity (Wildman–Crippen MR) is 191 cm³/mol. The number of anilines is 2. The lowest BCUT2D eigenvalue weighted by Gasteiger charge is -2.26. The number of aryl methyl sites for hydroxylation is 1. The van der Waals surface area contributed by atoms with Crippen molar-refractivity contribution >= 4 is 44.1 Å². The van der Waals surface area contributed by atoms with Crippen molar-refractivity contribution in [1.82, 2.24) is 25.0 Å². The molecule has 3 N–H and O–H groups in total. The molecular weight excluding hydrogens is 714 g/mol. The number of nitrogens with one attached hydrogen (secondary N) is 2.